The number of benzene rings is 2. The van der Waals surface area contributed by atoms with Gasteiger partial charge in [-0.1, -0.05) is 86.2 Å². The SMILES string of the molecule is Cc1ccc(C2CCCC(Cc3ccccc3C3CCCCC3)C2)cc1. The third-order valence-corrected chi connectivity index (χ3v) is 6.94. The maximum atomic E-state index is 2.44. The summed E-state index contributed by atoms with van der Waals surface area (Å²) < 4.78 is 0. The molecule has 2 fully saturated rings. The molecule has 2 aromatic rings. The normalized spacial score (nSPS) is 24.5. The average molecular weight is 347 g/mol. The second-order valence-corrected chi connectivity index (χ2v) is 8.88. The summed E-state index contributed by atoms with van der Waals surface area (Å²) in [7, 11) is 0. The summed E-state index contributed by atoms with van der Waals surface area (Å²) >= 11 is 0. The van der Waals surface area contributed by atoms with Crippen molar-refractivity contribution in [1.29, 1.82) is 0 Å². The fraction of sp³-hybridized carbons (Fsp3) is 0.538. The fourth-order valence-electron chi connectivity index (χ4n) is 5.46. The topological polar surface area (TPSA) is 0 Å². The third-order valence-electron chi connectivity index (χ3n) is 6.94. The Morgan fingerprint density at radius 3 is 2.27 bits per heavy atom. The number of aryl methyl sites for hydroxylation is 1. The van der Waals surface area contributed by atoms with Crippen LogP contribution in [0.5, 0.6) is 0 Å². The lowest BCUT2D eigenvalue weighted by molar-refractivity contribution is 0.319. The Kier molecular flexibility index (Phi) is 5.78. The molecule has 2 atom stereocenters. The van der Waals surface area contributed by atoms with Crippen LogP contribution in [-0.2, 0) is 6.42 Å². The molecule has 0 amide bonds. The lowest BCUT2D eigenvalue weighted by Gasteiger charge is -2.31. The molecule has 0 heterocycles. The Morgan fingerprint density at radius 2 is 1.46 bits per heavy atom. The molecular weight excluding hydrogens is 312 g/mol. The number of hydrogen-bond donors (Lipinski definition) is 0. The summed E-state index contributed by atoms with van der Waals surface area (Å²) in [6, 6.07) is 18.7. The van der Waals surface area contributed by atoms with E-state index < -0.39 is 0 Å². The first-order valence-corrected chi connectivity index (χ1v) is 10.9. The summed E-state index contributed by atoms with van der Waals surface area (Å²) in [5.41, 5.74) is 6.29. The van der Waals surface area contributed by atoms with Crippen LogP contribution in [0.4, 0.5) is 0 Å². The average Bonchev–Trinajstić information content (AvgIpc) is 2.70. The molecule has 0 N–H and O–H groups in total. The van der Waals surface area contributed by atoms with E-state index in [1.165, 1.54) is 69.8 Å². The van der Waals surface area contributed by atoms with E-state index in [4.69, 9.17) is 0 Å². The maximum absolute atomic E-state index is 2.44. The van der Waals surface area contributed by atoms with Crippen molar-refractivity contribution in [2.45, 2.75) is 83.0 Å². The molecule has 0 heteroatoms. The molecule has 0 spiro atoms. The van der Waals surface area contributed by atoms with Gasteiger partial charge in [-0.15, -0.1) is 0 Å². The maximum Gasteiger partial charge on any atom is -0.0159 e. The highest BCUT2D eigenvalue weighted by atomic mass is 14.3. The van der Waals surface area contributed by atoms with Crippen LogP contribution in [0.3, 0.4) is 0 Å². The molecule has 0 saturated heterocycles. The van der Waals surface area contributed by atoms with E-state index in [0.717, 1.165) is 17.8 Å². The predicted molar refractivity (Wildman–Crippen MR) is 112 cm³/mol. The van der Waals surface area contributed by atoms with Crippen LogP contribution in [-0.4, -0.2) is 0 Å². The van der Waals surface area contributed by atoms with Gasteiger partial charge in [-0.2, -0.15) is 0 Å². The van der Waals surface area contributed by atoms with Crippen LogP contribution >= 0.6 is 0 Å². The van der Waals surface area contributed by atoms with Crippen molar-refractivity contribution in [2.75, 3.05) is 0 Å². The Balaban J connectivity index is 1.46. The lowest BCUT2D eigenvalue weighted by Crippen LogP contribution is -2.17. The molecule has 0 radical (unpaired) electrons. The van der Waals surface area contributed by atoms with Crippen LogP contribution < -0.4 is 0 Å². The zero-order valence-corrected chi connectivity index (χ0v) is 16.4. The van der Waals surface area contributed by atoms with E-state index in [9.17, 15) is 0 Å². The summed E-state index contributed by atoms with van der Waals surface area (Å²) in [5, 5.41) is 0. The predicted octanol–water partition coefficient (Wildman–Crippen LogP) is 7.56. The molecule has 2 aliphatic rings. The van der Waals surface area contributed by atoms with Crippen molar-refractivity contribution in [3.63, 3.8) is 0 Å². The van der Waals surface area contributed by atoms with Crippen LogP contribution in [0.1, 0.15) is 91.9 Å². The first-order chi connectivity index (χ1) is 12.8. The van der Waals surface area contributed by atoms with Crippen molar-refractivity contribution < 1.29 is 0 Å². The van der Waals surface area contributed by atoms with Crippen LogP contribution in [0, 0.1) is 12.8 Å². The third kappa shape index (κ3) is 4.22. The van der Waals surface area contributed by atoms with Gasteiger partial charge in [0.05, 0.1) is 0 Å². The monoisotopic (exact) mass is 346 g/mol. The highest BCUT2D eigenvalue weighted by molar-refractivity contribution is 5.32. The lowest BCUT2D eigenvalue weighted by atomic mass is 9.74. The van der Waals surface area contributed by atoms with Crippen LogP contribution in [0.2, 0.25) is 0 Å². The Morgan fingerprint density at radius 1 is 0.731 bits per heavy atom. The van der Waals surface area contributed by atoms with Crippen molar-refractivity contribution in [2.24, 2.45) is 5.92 Å². The summed E-state index contributed by atoms with van der Waals surface area (Å²) in [5.74, 6) is 2.47. The number of rotatable bonds is 4. The standard InChI is InChI=1S/C26H34/c1-20-14-16-22(17-15-20)24-12-7-8-21(18-24)19-25-11-5-6-13-26(25)23-9-3-2-4-10-23/h5-6,11,13-17,21,23-24H,2-4,7-10,12,18-19H2,1H3. The summed E-state index contributed by atoms with van der Waals surface area (Å²) in [4.78, 5) is 0. The van der Waals surface area contributed by atoms with Gasteiger partial charge in [0.15, 0.2) is 0 Å². The van der Waals surface area contributed by atoms with Gasteiger partial charge in [-0.05, 0) is 73.5 Å². The summed E-state index contributed by atoms with van der Waals surface area (Å²) in [6.45, 7) is 2.19. The molecule has 0 aromatic heterocycles. The highest BCUT2D eigenvalue weighted by Gasteiger charge is 2.25. The zero-order chi connectivity index (χ0) is 17.8. The molecule has 2 aliphatic carbocycles. The Hall–Kier alpha value is -1.56. The van der Waals surface area contributed by atoms with E-state index in [2.05, 4.69) is 55.5 Å². The van der Waals surface area contributed by atoms with E-state index in [0.29, 0.717) is 0 Å². The van der Waals surface area contributed by atoms with Gasteiger partial charge < -0.3 is 0 Å². The molecule has 0 bridgehead atoms. The zero-order valence-electron chi connectivity index (χ0n) is 16.4. The smallest absolute Gasteiger partial charge is 0.0159 e. The largest absolute Gasteiger partial charge is 0.0620 e. The molecular formula is C26H34. The molecule has 2 aromatic carbocycles. The van der Waals surface area contributed by atoms with Gasteiger partial charge in [0, 0.05) is 0 Å². The van der Waals surface area contributed by atoms with Crippen LogP contribution in [0.25, 0.3) is 0 Å². The molecule has 2 unspecified atom stereocenters. The Bertz CT molecular complexity index is 690. The van der Waals surface area contributed by atoms with Crippen molar-refractivity contribution in [3.8, 4) is 0 Å². The minimum absolute atomic E-state index is 0.774. The van der Waals surface area contributed by atoms with E-state index in [1.54, 1.807) is 16.7 Å². The molecule has 4 rings (SSSR count). The first kappa shape index (κ1) is 17.8. The van der Waals surface area contributed by atoms with E-state index in [-0.39, 0.29) is 0 Å². The van der Waals surface area contributed by atoms with Gasteiger partial charge in [0.25, 0.3) is 0 Å². The van der Waals surface area contributed by atoms with E-state index in [1.807, 2.05) is 0 Å². The molecule has 26 heavy (non-hydrogen) atoms. The van der Waals surface area contributed by atoms with Gasteiger partial charge in [0.2, 0.25) is 0 Å². The van der Waals surface area contributed by atoms with Gasteiger partial charge in [-0.3, -0.25) is 0 Å². The van der Waals surface area contributed by atoms with Crippen LogP contribution in [0.15, 0.2) is 48.5 Å². The van der Waals surface area contributed by atoms with E-state index >= 15 is 0 Å². The molecule has 2 saturated carbocycles. The van der Waals surface area contributed by atoms with Crippen molar-refractivity contribution >= 4 is 0 Å². The second-order valence-electron chi connectivity index (χ2n) is 8.88. The molecule has 138 valence electrons. The second kappa shape index (κ2) is 8.42. The van der Waals surface area contributed by atoms with Gasteiger partial charge in [0.1, 0.15) is 0 Å². The van der Waals surface area contributed by atoms with Crippen molar-refractivity contribution in [3.05, 3.63) is 70.8 Å². The van der Waals surface area contributed by atoms with Crippen molar-refractivity contribution in [1.82, 2.24) is 0 Å². The fourth-order valence-corrected chi connectivity index (χ4v) is 5.46. The molecule has 0 nitrogen and oxygen atoms in total. The Labute approximate surface area is 160 Å². The quantitative estimate of drug-likeness (QED) is 0.536. The molecule has 0 aliphatic heterocycles. The minimum atomic E-state index is 0.774. The number of hydrogen-bond acceptors (Lipinski definition) is 0. The highest BCUT2D eigenvalue weighted by Crippen LogP contribution is 2.40. The minimum Gasteiger partial charge on any atom is -0.0620 e. The first-order valence-electron chi connectivity index (χ1n) is 10.9. The summed E-state index contributed by atoms with van der Waals surface area (Å²) in [6.07, 6.45) is 14.0. The van der Waals surface area contributed by atoms with Gasteiger partial charge >= 0.3 is 0 Å². The van der Waals surface area contributed by atoms with Gasteiger partial charge in [-0.25, -0.2) is 0 Å².